The molecule has 0 N–H and O–H groups in total. The molecule has 1 atom stereocenters. The van der Waals surface area contributed by atoms with Crippen molar-refractivity contribution in [3.8, 4) is 0 Å². The van der Waals surface area contributed by atoms with Crippen LogP contribution in [-0.4, -0.2) is 5.25 Å². The van der Waals surface area contributed by atoms with Crippen molar-refractivity contribution < 1.29 is 0 Å². The molecule has 1 aliphatic rings. The number of thiol groups is 1. The van der Waals surface area contributed by atoms with Gasteiger partial charge < -0.3 is 0 Å². The Bertz CT molecular complexity index is 339. The average molecular weight is 190 g/mol. The number of allylic oxidation sites excluding steroid dienone is 1. The third kappa shape index (κ3) is 1.53. The SMILES string of the molecule is CCC=C1c2ccccc2CC1S. The Morgan fingerprint density at radius 1 is 1.46 bits per heavy atom. The predicted octanol–water partition coefficient (Wildman–Crippen LogP) is 3.33. The predicted molar refractivity (Wildman–Crippen MR) is 61.2 cm³/mol. The monoisotopic (exact) mass is 190 g/mol. The van der Waals surface area contributed by atoms with Crippen molar-refractivity contribution >= 4 is 18.2 Å². The van der Waals surface area contributed by atoms with Crippen LogP contribution in [0.5, 0.6) is 0 Å². The summed E-state index contributed by atoms with van der Waals surface area (Å²) in [5.41, 5.74) is 4.27. The van der Waals surface area contributed by atoms with E-state index in [2.05, 4.69) is 49.9 Å². The first kappa shape index (κ1) is 8.89. The summed E-state index contributed by atoms with van der Waals surface area (Å²) in [4.78, 5) is 0. The van der Waals surface area contributed by atoms with Crippen molar-refractivity contribution in [1.29, 1.82) is 0 Å². The maximum absolute atomic E-state index is 4.60. The van der Waals surface area contributed by atoms with Gasteiger partial charge in [-0.25, -0.2) is 0 Å². The second-order valence-electron chi connectivity index (χ2n) is 3.44. The highest BCUT2D eigenvalue weighted by molar-refractivity contribution is 7.81. The second-order valence-corrected chi connectivity index (χ2v) is 4.07. The van der Waals surface area contributed by atoms with Crippen molar-refractivity contribution in [2.75, 3.05) is 0 Å². The molecule has 1 aromatic rings. The molecule has 0 amide bonds. The summed E-state index contributed by atoms with van der Waals surface area (Å²) >= 11 is 4.60. The van der Waals surface area contributed by atoms with Crippen LogP contribution in [0, 0.1) is 0 Å². The quantitative estimate of drug-likeness (QED) is 0.645. The molecule has 0 radical (unpaired) electrons. The summed E-state index contributed by atoms with van der Waals surface area (Å²) in [5, 5.41) is 0.414. The van der Waals surface area contributed by atoms with Gasteiger partial charge in [0.2, 0.25) is 0 Å². The fourth-order valence-corrected chi connectivity index (χ4v) is 2.38. The van der Waals surface area contributed by atoms with E-state index in [0.29, 0.717) is 5.25 Å². The van der Waals surface area contributed by atoms with E-state index in [1.807, 2.05) is 0 Å². The molecule has 0 saturated heterocycles. The molecule has 1 unspecified atom stereocenters. The van der Waals surface area contributed by atoms with Gasteiger partial charge in [0.25, 0.3) is 0 Å². The van der Waals surface area contributed by atoms with Crippen LogP contribution in [0.2, 0.25) is 0 Å². The van der Waals surface area contributed by atoms with Crippen LogP contribution in [0.4, 0.5) is 0 Å². The smallest absolute Gasteiger partial charge is 0.0310 e. The summed E-state index contributed by atoms with van der Waals surface area (Å²) in [7, 11) is 0. The van der Waals surface area contributed by atoms with E-state index in [1.165, 1.54) is 16.7 Å². The van der Waals surface area contributed by atoms with Crippen LogP contribution in [0.25, 0.3) is 5.57 Å². The van der Waals surface area contributed by atoms with Crippen molar-refractivity contribution in [2.45, 2.75) is 25.0 Å². The summed E-state index contributed by atoms with van der Waals surface area (Å²) in [6, 6.07) is 8.62. The molecule has 1 aliphatic carbocycles. The van der Waals surface area contributed by atoms with Crippen LogP contribution >= 0.6 is 12.6 Å². The van der Waals surface area contributed by atoms with Crippen molar-refractivity contribution in [3.05, 3.63) is 41.5 Å². The molecule has 0 nitrogen and oxygen atoms in total. The fourth-order valence-electron chi connectivity index (χ4n) is 1.94. The zero-order valence-corrected chi connectivity index (χ0v) is 8.72. The summed E-state index contributed by atoms with van der Waals surface area (Å²) in [5.74, 6) is 0. The third-order valence-electron chi connectivity index (χ3n) is 2.52. The van der Waals surface area contributed by atoms with Crippen molar-refractivity contribution in [1.82, 2.24) is 0 Å². The van der Waals surface area contributed by atoms with Gasteiger partial charge >= 0.3 is 0 Å². The first-order valence-corrected chi connectivity index (χ1v) is 5.31. The molecule has 0 bridgehead atoms. The Morgan fingerprint density at radius 3 is 3.00 bits per heavy atom. The molecule has 1 aromatic carbocycles. The molecule has 0 heterocycles. The van der Waals surface area contributed by atoms with Crippen LogP contribution in [0.15, 0.2) is 30.3 Å². The number of fused-ring (bicyclic) bond motifs is 1. The Kier molecular flexibility index (Phi) is 2.45. The van der Waals surface area contributed by atoms with Crippen LogP contribution in [0.3, 0.4) is 0 Å². The van der Waals surface area contributed by atoms with Gasteiger partial charge in [-0.05, 0) is 29.5 Å². The van der Waals surface area contributed by atoms with E-state index in [0.717, 1.165) is 12.8 Å². The highest BCUT2D eigenvalue weighted by Gasteiger charge is 2.22. The fraction of sp³-hybridized carbons (Fsp3) is 0.333. The topological polar surface area (TPSA) is 0 Å². The lowest BCUT2D eigenvalue weighted by Gasteiger charge is -2.03. The Morgan fingerprint density at radius 2 is 2.23 bits per heavy atom. The maximum Gasteiger partial charge on any atom is 0.0310 e. The minimum absolute atomic E-state index is 0.414. The third-order valence-corrected chi connectivity index (χ3v) is 2.99. The second kappa shape index (κ2) is 3.59. The van der Waals surface area contributed by atoms with Crippen LogP contribution < -0.4 is 0 Å². The molecule has 0 spiro atoms. The van der Waals surface area contributed by atoms with Crippen LogP contribution in [0.1, 0.15) is 24.5 Å². The van der Waals surface area contributed by atoms with Gasteiger partial charge in [-0.2, -0.15) is 12.6 Å². The summed E-state index contributed by atoms with van der Waals surface area (Å²) in [6.07, 6.45) is 4.48. The molecular formula is C12H14S. The minimum atomic E-state index is 0.414. The van der Waals surface area contributed by atoms with E-state index in [9.17, 15) is 0 Å². The van der Waals surface area contributed by atoms with Crippen LogP contribution in [-0.2, 0) is 6.42 Å². The van der Waals surface area contributed by atoms with Crippen molar-refractivity contribution in [2.24, 2.45) is 0 Å². The molecule has 0 aliphatic heterocycles. The first-order chi connectivity index (χ1) is 6.33. The average Bonchev–Trinajstić information content (AvgIpc) is 2.44. The lowest BCUT2D eigenvalue weighted by Crippen LogP contribution is -1.94. The number of hydrogen-bond donors (Lipinski definition) is 1. The Hall–Kier alpha value is -0.690. The Balaban J connectivity index is 2.46. The van der Waals surface area contributed by atoms with Gasteiger partial charge in [0.1, 0.15) is 0 Å². The highest BCUT2D eigenvalue weighted by atomic mass is 32.1. The highest BCUT2D eigenvalue weighted by Crippen LogP contribution is 2.35. The van der Waals surface area contributed by atoms with E-state index in [1.54, 1.807) is 0 Å². The lowest BCUT2D eigenvalue weighted by molar-refractivity contribution is 1.10. The number of benzene rings is 1. The molecule has 0 saturated carbocycles. The number of hydrogen-bond acceptors (Lipinski definition) is 1. The van der Waals surface area contributed by atoms with E-state index in [4.69, 9.17) is 0 Å². The standard InChI is InChI=1S/C12H14S/c1-2-5-11-10-7-4-3-6-9(10)8-12(11)13/h3-7,12-13H,2,8H2,1H3. The zero-order valence-electron chi connectivity index (χ0n) is 7.83. The van der Waals surface area contributed by atoms with Gasteiger partial charge in [-0.1, -0.05) is 37.3 Å². The molecule has 0 aromatic heterocycles. The molecule has 2 rings (SSSR count). The largest absolute Gasteiger partial charge is 0.171 e. The van der Waals surface area contributed by atoms with Gasteiger partial charge in [-0.3, -0.25) is 0 Å². The van der Waals surface area contributed by atoms with Gasteiger partial charge in [-0.15, -0.1) is 0 Å². The van der Waals surface area contributed by atoms with Gasteiger partial charge in [0, 0.05) is 5.25 Å². The van der Waals surface area contributed by atoms with Crippen molar-refractivity contribution in [3.63, 3.8) is 0 Å². The van der Waals surface area contributed by atoms with Gasteiger partial charge in [0.05, 0.1) is 0 Å². The lowest BCUT2D eigenvalue weighted by atomic mass is 10.1. The normalized spacial score (nSPS) is 23.5. The van der Waals surface area contributed by atoms with Gasteiger partial charge in [0.15, 0.2) is 0 Å². The maximum atomic E-state index is 4.60. The Labute approximate surface area is 85.1 Å². The summed E-state index contributed by atoms with van der Waals surface area (Å²) < 4.78 is 0. The number of rotatable bonds is 1. The molecule has 68 valence electrons. The molecule has 0 fully saturated rings. The molecule has 13 heavy (non-hydrogen) atoms. The van der Waals surface area contributed by atoms with E-state index in [-0.39, 0.29) is 0 Å². The first-order valence-electron chi connectivity index (χ1n) is 4.79. The molecular weight excluding hydrogens is 176 g/mol. The van der Waals surface area contributed by atoms with E-state index >= 15 is 0 Å². The van der Waals surface area contributed by atoms with E-state index < -0.39 is 0 Å². The minimum Gasteiger partial charge on any atom is -0.171 e. The zero-order chi connectivity index (χ0) is 9.26. The molecule has 1 heteroatoms. The summed E-state index contributed by atoms with van der Waals surface area (Å²) in [6.45, 7) is 2.18.